The van der Waals surface area contributed by atoms with Gasteiger partial charge in [-0.1, -0.05) is 25.1 Å². The lowest BCUT2D eigenvalue weighted by Crippen LogP contribution is -2.16. The van der Waals surface area contributed by atoms with Crippen LogP contribution in [0.4, 0.5) is 0 Å². The summed E-state index contributed by atoms with van der Waals surface area (Å²) in [6.45, 7) is 4.84. The van der Waals surface area contributed by atoms with Gasteiger partial charge in [-0.2, -0.15) is 0 Å². The van der Waals surface area contributed by atoms with E-state index in [1.807, 2.05) is 13.1 Å². The van der Waals surface area contributed by atoms with Crippen molar-refractivity contribution < 1.29 is 5.11 Å². The third kappa shape index (κ3) is 2.56. The molecule has 0 radical (unpaired) electrons. The molecule has 2 nitrogen and oxygen atoms in total. The molecule has 0 spiro atoms. The van der Waals surface area contributed by atoms with E-state index in [0.717, 1.165) is 12.0 Å². The molecule has 2 N–H and O–H groups in total. The standard InChI is InChI=1S/C12H19NO/c1-4-10-7-11(6-5-9(10)2)12(14)8-13-3/h5-7,12-14H,4,8H2,1-3H3. The lowest BCUT2D eigenvalue weighted by Gasteiger charge is -2.12. The van der Waals surface area contributed by atoms with E-state index in [2.05, 4.69) is 31.3 Å². The molecular weight excluding hydrogens is 174 g/mol. The zero-order chi connectivity index (χ0) is 10.6. The minimum Gasteiger partial charge on any atom is -0.387 e. The van der Waals surface area contributed by atoms with E-state index in [1.165, 1.54) is 11.1 Å². The molecule has 14 heavy (non-hydrogen) atoms. The maximum absolute atomic E-state index is 9.77. The van der Waals surface area contributed by atoms with Gasteiger partial charge in [0.1, 0.15) is 0 Å². The van der Waals surface area contributed by atoms with Gasteiger partial charge < -0.3 is 10.4 Å². The number of benzene rings is 1. The van der Waals surface area contributed by atoms with Crippen LogP contribution in [-0.4, -0.2) is 18.7 Å². The predicted molar refractivity (Wildman–Crippen MR) is 59.4 cm³/mol. The van der Waals surface area contributed by atoms with Gasteiger partial charge in [-0.15, -0.1) is 0 Å². The molecule has 0 fully saturated rings. The summed E-state index contributed by atoms with van der Waals surface area (Å²) in [6, 6.07) is 6.17. The number of aryl methyl sites for hydroxylation is 2. The van der Waals surface area contributed by atoms with Crippen molar-refractivity contribution in [3.05, 3.63) is 34.9 Å². The molecule has 0 amide bonds. The van der Waals surface area contributed by atoms with Gasteiger partial charge in [0, 0.05) is 6.54 Å². The number of nitrogens with one attached hydrogen (secondary N) is 1. The maximum atomic E-state index is 9.77. The van der Waals surface area contributed by atoms with Gasteiger partial charge in [0.05, 0.1) is 6.10 Å². The minimum absolute atomic E-state index is 0.397. The van der Waals surface area contributed by atoms with E-state index in [-0.39, 0.29) is 0 Å². The highest BCUT2D eigenvalue weighted by atomic mass is 16.3. The Morgan fingerprint density at radius 1 is 1.43 bits per heavy atom. The van der Waals surface area contributed by atoms with Crippen molar-refractivity contribution in [2.45, 2.75) is 26.4 Å². The van der Waals surface area contributed by atoms with Crippen molar-refractivity contribution >= 4 is 0 Å². The molecule has 1 aromatic carbocycles. The Balaban J connectivity index is 2.88. The molecule has 0 bridgehead atoms. The molecule has 0 saturated carbocycles. The molecule has 2 heteroatoms. The fourth-order valence-electron chi connectivity index (χ4n) is 1.59. The molecule has 0 saturated heterocycles. The van der Waals surface area contributed by atoms with E-state index in [0.29, 0.717) is 6.54 Å². The molecule has 1 atom stereocenters. The van der Waals surface area contributed by atoms with Gasteiger partial charge in [-0.25, -0.2) is 0 Å². The summed E-state index contributed by atoms with van der Waals surface area (Å²) in [4.78, 5) is 0. The zero-order valence-electron chi connectivity index (χ0n) is 9.17. The Bertz CT molecular complexity index is 296. The Morgan fingerprint density at radius 3 is 2.71 bits per heavy atom. The number of rotatable bonds is 4. The van der Waals surface area contributed by atoms with E-state index < -0.39 is 6.10 Å². The van der Waals surface area contributed by atoms with Crippen LogP contribution in [0, 0.1) is 6.92 Å². The first-order chi connectivity index (χ1) is 6.69. The van der Waals surface area contributed by atoms with Crippen LogP contribution in [-0.2, 0) is 6.42 Å². The smallest absolute Gasteiger partial charge is 0.0914 e. The van der Waals surface area contributed by atoms with Crippen molar-refractivity contribution in [2.24, 2.45) is 0 Å². The van der Waals surface area contributed by atoms with E-state index >= 15 is 0 Å². The fourth-order valence-corrected chi connectivity index (χ4v) is 1.59. The largest absolute Gasteiger partial charge is 0.387 e. The molecule has 0 aliphatic carbocycles. The number of hydrogen-bond acceptors (Lipinski definition) is 2. The summed E-state index contributed by atoms with van der Waals surface area (Å²) in [7, 11) is 1.85. The quantitative estimate of drug-likeness (QED) is 0.764. The summed E-state index contributed by atoms with van der Waals surface area (Å²) >= 11 is 0. The highest BCUT2D eigenvalue weighted by Gasteiger charge is 2.07. The molecule has 0 aromatic heterocycles. The first kappa shape index (κ1) is 11.2. The zero-order valence-corrected chi connectivity index (χ0v) is 9.17. The van der Waals surface area contributed by atoms with Gasteiger partial charge in [-0.05, 0) is 37.1 Å². The maximum Gasteiger partial charge on any atom is 0.0914 e. The van der Waals surface area contributed by atoms with Crippen LogP contribution in [0.1, 0.15) is 29.7 Å². The van der Waals surface area contributed by atoms with Crippen molar-refractivity contribution in [2.75, 3.05) is 13.6 Å². The Morgan fingerprint density at radius 2 is 2.14 bits per heavy atom. The normalized spacial score (nSPS) is 12.9. The number of likely N-dealkylation sites (N-methyl/N-ethyl adjacent to an activating group) is 1. The van der Waals surface area contributed by atoms with Crippen molar-refractivity contribution in [3.8, 4) is 0 Å². The SMILES string of the molecule is CCc1cc(C(O)CNC)ccc1C. The Labute approximate surface area is 86.0 Å². The first-order valence-corrected chi connectivity index (χ1v) is 5.11. The molecular formula is C12H19NO. The molecule has 1 aromatic rings. The van der Waals surface area contributed by atoms with E-state index in [1.54, 1.807) is 0 Å². The molecule has 78 valence electrons. The highest BCUT2D eigenvalue weighted by molar-refractivity contribution is 5.32. The molecule has 0 heterocycles. The average Bonchev–Trinajstić information content (AvgIpc) is 2.19. The Kier molecular flexibility index (Phi) is 4.11. The van der Waals surface area contributed by atoms with Gasteiger partial charge in [-0.3, -0.25) is 0 Å². The minimum atomic E-state index is -0.397. The van der Waals surface area contributed by atoms with Crippen LogP contribution in [0.25, 0.3) is 0 Å². The number of hydrogen-bond donors (Lipinski definition) is 2. The molecule has 1 rings (SSSR count). The van der Waals surface area contributed by atoms with E-state index in [4.69, 9.17) is 0 Å². The predicted octanol–water partition coefficient (Wildman–Crippen LogP) is 1.81. The summed E-state index contributed by atoms with van der Waals surface area (Å²) in [5.74, 6) is 0. The number of aliphatic hydroxyl groups is 1. The topological polar surface area (TPSA) is 32.3 Å². The second-order valence-corrected chi connectivity index (χ2v) is 3.61. The van der Waals surface area contributed by atoms with Gasteiger partial charge >= 0.3 is 0 Å². The fraction of sp³-hybridized carbons (Fsp3) is 0.500. The molecule has 0 aliphatic heterocycles. The van der Waals surface area contributed by atoms with Crippen LogP contribution in [0.3, 0.4) is 0 Å². The van der Waals surface area contributed by atoms with Crippen LogP contribution in [0.2, 0.25) is 0 Å². The van der Waals surface area contributed by atoms with Crippen LogP contribution < -0.4 is 5.32 Å². The third-order valence-electron chi connectivity index (χ3n) is 2.54. The molecule has 0 aliphatic rings. The van der Waals surface area contributed by atoms with Crippen molar-refractivity contribution in [3.63, 3.8) is 0 Å². The van der Waals surface area contributed by atoms with Gasteiger partial charge in [0.25, 0.3) is 0 Å². The van der Waals surface area contributed by atoms with Crippen LogP contribution in [0.5, 0.6) is 0 Å². The summed E-state index contributed by atoms with van der Waals surface area (Å²) < 4.78 is 0. The summed E-state index contributed by atoms with van der Waals surface area (Å²) in [6.07, 6.45) is 0.622. The van der Waals surface area contributed by atoms with Crippen LogP contribution in [0.15, 0.2) is 18.2 Å². The van der Waals surface area contributed by atoms with Gasteiger partial charge in [0.2, 0.25) is 0 Å². The lowest BCUT2D eigenvalue weighted by molar-refractivity contribution is 0.177. The summed E-state index contributed by atoms with van der Waals surface area (Å²) in [5, 5.41) is 12.7. The third-order valence-corrected chi connectivity index (χ3v) is 2.54. The lowest BCUT2D eigenvalue weighted by atomic mass is 10.00. The first-order valence-electron chi connectivity index (χ1n) is 5.11. The second kappa shape index (κ2) is 5.13. The van der Waals surface area contributed by atoms with E-state index in [9.17, 15) is 5.11 Å². The second-order valence-electron chi connectivity index (χ2n) is 3.61. The van der Waals surface area contributed by atoms with Gasteiger partial charge in [0.15, 0.2) is 0 Å². The number of aliphatic hydroxyl groups excluding tert-OH is 1. The average molecular weight is 193 g/mol. The van der Waals surface area contributed by atoms with Crippen molar-refractivity contribution in [1.29, 1.82) is 0 Å². The molecule has 1 unspecified atom stereocenters. The van der Waals surface area contributed by atoms with Crippen molar-refractivity contribution in [1.82, 2.24) is 5.32 Å². The Hall–Kier alpha value is -0.860. The van der Waals surface area contributed by atoms with Crippen LogP contribution >= 0.6 is 0 Å². The summed E-state index contributed by atoms with van der Waals surface area (Å²) in [5.41, 5.74) is 3.62. The highest BCUT2D eigenvalue weighted by Crippen LogP contribution is 2.17. The monoisotopic (exact) mass is 193 g/mol.